The maximum atomic E-state index is 14.3. The van der Waals surface area contributed by atoms with Crippen LogP contribution in [-0.4, -0.2) is 58.4 Å². The molecule has 1 amide bonds. The SMILES string of the molecule is CC(O[Si](C)(C)C(C)(C)C)C(=O)c1nccc(-c2cc3c(c(CC(F)(F)F)c2OC(F)F)[C@H]2C[C@@H](NC3=O)c3nc4ccccc4n32)n1. The molecule has 0 saturated carbocycles. The number of carbonyl (C=O) groups excluding carboxylic acids is 2. The monoisotopic (exact) mass is 687 g/mol. The number of fused-ring (bicyclic) bond motifs is 9. The van der Waals surface area contributed by atoms with Crippen LogP contribution in [0, 0.1) is 0 Å². The number of nitrogens with zero attached hydrogens (tertiary/aromatic N) is 4. The van der Waals surface area contributed by atoms with Crippen molar-refractivity contribution in [2.45, 2.75) is 89.6 Å². The van der Waals surface area contributed by atoms with Crippen LogP contribution in [0.25, 0.3) is 22.3 Å². The van der Waals surface area contributed by atoms with Crippen molar-refractivity contribution in [1.29, 1.82) is 0 Å². The van der Waals surface area contributed by atoms with Gasteiger partial charge >= 0.3 is 12.8 Å². The Morgan fingerprint density at radius 1 is 1.10 bits per heavy atom. The zero-order chi connectivity index (χ0) is 34.9. The first-order valence-corrected chi connectivity index (χ1v) is 18.3. The molecule has 6 rings (SSSR count). The average molecular weight is 688 g/mol. The summed E-state index contributed by atoms with van der Waals surface area (Å²) in [4.78, 5) is 40.2. The van der Waals surface area contributed by atoms with E-state index in [9.17, 15) is 31.5 Å². The lowest BCUT2D eigenvalue weighted by atomic mass is 9.87. The van der Waals surface area contributed by atoms with Gasteiger partial charge in [-0.1, -0.05) is 32.9 Å². The first-order chi connectivity index (χ1) is 22.4. The number of alkyl halides is 5. The van der Waals surface area contributed by atoms with E-state index in [1.165, 1.54) is 18.3 Å². The summed E-state index contributed by atoms with van der Waals surface area (Å²) in [5.41, 5.74) is -0.158. The maximum absolute atomic E-state index is 14.3. The van der Waals surface area contributed by atoms with Crippen LogP contribution in [0.5, 0.6) is 5.75 Å². The molecule has 4 aromatic rings. The number of amides is 1. The van der Waals surface area contributed by atoms with E-state index in [2.05, 4.69) is 20.3 Å². The third-order valence-corrected chi connectivity index (χ3v) is 13.9. The minimum absolute atomic E-state index is 0.0876. The van der Waals surface area contributed by atoms with E-state index in [0.29, 0.717) is 16.9 Å². The predicted octanol–water partition coefficient (Wildman–Crippen LogP) is 7.57. The second-order valence-corrected chi connectivity index (χ2v) is 18.4. The van der Waals surface area contributed by atoms with Gasteiger partial charge in [-0.05, 0) is 61.3 Å². The van der Waals surface area contributed by atoms with Gasteiger partial charge in [0.2, 0.25) is 5.78 Å². The van der Waals surface area contributed by atoms with Crippen LogP contribution in [-0.2, 0) is 10.8 Å². The highest BCUT2D eigenvalue weighted by atomic mass is 28.4. The number of para-hydroxylation sites is 2. The molecule has 48 heavy (non-hydrogen) atoms. The summed E-state index contributed by atoms with van der Waals surface area (Å²) < 4.78 is 83.9. The summed E-state index contributed by atoms with van der Waals surface area (Å²) in [7, 11) is -2.41. The first-order valence-electron chi connectivity index (χ1n) is 15.4. The van der Waals surface area contributed by atoms with Crippen molar-refractivity contribution in [3.8, 4) is 17.0 Å². The van der Waals surface area contributed by atoms with Crippen LogP contribution in [0.15, 0.2) is 42.6 Å². The molecule has 1 unspecified atom stereocenters. The molecule has 2 aliphatic rings. The Morgan fingerprint density at radius 3 is 2.48 bits per heavy atom. The smallest absolute Gasteiger partial charge is 0.393 e. The Bertz CT molecular complexity index is 1940. The topological polar surface area (TPSA) is 108 Å². The van der Waals surface area contributed by atoms with Crippen LogP contribution in [0.4, 0.5) is 22.0 Å². The molecule has 0 aliphatic carbocycles. The first kappa shape index (κ1) is 33.7. The van der Waals surface area contributed by atoms with Crippen molar-refractivity contribution in [2.75, 3.05) is 0 Å². The summed E-state index contributed by atoms with van der Waals surface area (Å²) in [5.74, 6) is -1.96. The molecule has 2 aromatic heterocycles. The minimum atomic E-state index is -4.88. The number of benzene rings is 2. The molecular weight excluding hydrogens is 653 g/mol. The van der Waals surface area contributed by atoms with Crippen LogP contribution >= 0.6 is 0 Å². The molecule has 0 spiro atoms. The van der Waals surface area contributed by atoms with Crippen molar-refractivity contribution in [1.82, 2.24) is 24.8 Å². The summed E-state index contributed by atoms with van der Waals surface area (Å²) in [6.45, 7) is 7.99. The van der Waals surface area contributed by atoms with Crippen LogP contribution in [0.2, 0.25) is 18.1 Å². The fourth-order valence-electron chi connectivity index (χ4n) is 6.25. The molecule has 254 valence electrons. The van der Waals surface area contributed by atoms with Crippen LogP contribution in [0.1, 0.15) is 84.1 Å². The quantitative estimate of drug-likeness (QED) is 0.116. The van der Waals surface area contributed by atoms with Gasteiger partial charge in [0.25, 0.3) is 5.91 Å². The molecule has 9 nitrogen and oxygen atoms in total. The van der Waals surface area contributed by atoms with Crippen molar-refractivity contribution < 1.29 is 40.7 Å². The van der Waals surface area contributed by atoms with Crippen molar-refractivity contribution in [3.05, 3.63) is 70.9 Å². The molecule has 3 atom stereocenters. The largest absolute Gasteiger partial charge is 0.434 e. The Hall–Kier alpha value is -4.24. The van der Waals surface area contributed by atoms with Gasteiger partial charge in [0.15, 0.2) is 14.1 Å². The molecule has 0 radical (unpaired) electrons. The normalized spacial score (nSPS) is 18.4. The summed E-state index contributed by atoms with van der Waals surface area (Å²) >= 11 is 0. The van der Waals surface area contributed by atoms with Gasteiger partial charge in [-0.3, -0.25) is 9.59 Å². The molecule has 15 heteroatoms. The Labute approximate surface area is 274 Å². The van der Waals surface area contributed by atoms with Gasteiger partial charge in [-0.2, -0.15) is 22.0 Å². The van der Waals surface area contributed by atoms with Crippen molar-refractivity contribution in [3.63, 3.8) is 0 Å². The van der Waals surface area contributed by atoms with E-state index in [4.69, 9.17) is 9.16 Å². The fourth-order valence-corrected chi connectivity index (χ4v) is 7.60. The predicted molar refractivity (Wildman–Crippen MR) is 169 cm³/mol. The van der Waals surface area contributed by atoms with Crippen molar-refractivity contribution in [2.24, 2.45) is 0 Å². The summed E-state index contributed by atoms with van der Waals surface area (Å²) in [5, 5.41) is 2.64. The van der Waals surface area contributed by atoms with Crippen LogP contribution in [0.3, 0.4) is 0 Å². The van der Waals surface area contributed by atoms with Gasteiger partial charge in [-0.15, -0.1) is 0 Å². The number of nitrogens with one attached hydrogen (secondary N) is 1. The molecule has 2 bridgehead atoms. The second-order valence-electron chi connectivity index (χ2n) is 13.6. The van der Waals surface area contributed by atoms with Crippen molar-refractivity contribution >= 4 is 31.0 Å². The number of imidazole rings is 1. The molecule has 2 aromatic carbocycles. The standard InChI is InChI=1S/C33H34F5N5O4Si/c1-16(47-48(5,6)32(2,3)4)26(44)28-39-12-11-20(40-28)17-13-18-25(19(15-33(36,37)38)27(17)46-31(34)35)24-14-22(42-30(18)45)29-41-21-9-7-8-10-23(21)43(24)29/h7-13,16,22,24,31H,14-15H2,1-6H3,(H,42,45)/t16?,22-,24-/m1/s1. The fraction of sp³-hybridized carbons (Fsp3) is 0.424. The average Bonchev–Trinajstić information content (AvgIpc) is 3.48. The molecule has 4 heterocycles. The lowest BCUT2D eigenvalue weighted by Crippen LogP contribution is -2.45. The zero-order valence-electron chi connectivity index (χ0n) is 27.1. The van der Waals surface area contributed by atoms with Gasteiger partial charge in [-0.25, -0.2) is 15.0 Å². The highest BCUT2D eigenvalue weighted by Crippen LogP contribution is 2.50. The minimum Gasteiger partial charge on any atom is -0.434 e. The number of carbonyl (C=O) groups is 2. The highest BCUT2D eigenvalue weighted by Gasteiger charge is 2.45. The molecule has 1 N–H and O–H groups in total. The molecule has 0 saturated heterocycles. The van der Waals surface area contributed by atoms with E-state index in [1.54, 1.807) is 35.8 Å². The number of ether oxygens (including phenoxy) is 1. The van der Waals surface area contributed by atoms with Crippen LogP contribution < -0.4 is 10.1 Å². The number of hydrogen-bond donors (Lipinski definition) is 1. The van der Waals surface area contributed by atoms with E-state index < -0.39 is 68.7 Å². The summed E-state index contributed by atoms with van der Waals surface area (Å²) in [6, 6.07) is 7.98. The Kier molecular flexibility index (Phi) is 8.22. The second kappa shape index (κ2) is 11.7. The molecular formula is C33H34F5N5O4Si. The lowest BCUT2D eigenvalue weighted by molar-refractivity contribution is -0.128. The van der Waals surface area contributed by atoms with Gasteiger partial charge in [0, 0.05) is 22.9 Å². The number of Topliss-reactive ketones (excluding diaryl/α,β-unsaturated/α-hetero) is 1. The third kappa shape index (κ3) is 5.97. The maximum Gasteiger partial charge on any atom is 0.393 e. The van der Waals surface area contributed by atoms with E-state index in [-0.39, 0.29) is 39.7 Å². The van der Waals surface area contributed by atoms with E-state index in [1.807, 2.05) is 33.9 Å². The number of halogens is 5. The van der Waals surface area contributed by atoms with Gasteiger partial charge in [0.1, 0.15) is 17.7 Å². The Morgan fingerprint density at radius 2 is 1.81 bits per heavy atom. The highest BCUT2D eigenvalue weighted by molar-refractivity contribution is 6.74. The summed E-state index contributed by atoms with van der Waals surface area (Å²) in [6.07, 6.45) is -6.16. The van der Waals surface area contributed by atoms with E-state index >= 15 is 0 Å². The van der Waals surface area contributed by atoms with Gasteiger partial charge in [0.05, 0.1) is 35.2 Å². The lowest BCUT2D eigenvalue weighted by Gasteiger charge is -2.37. The third-order valence-electron chi connectivity index (χ3n) is 9.39. The zero-order valence-corrected chi connectivity index (χ0v) is 28.1. The number of aromatic nitrogens is 4. The number of rotatable bonds is 8. The van der Waals surface area contributed by atoms with Gasteiger partial charge < -0.3 is 19.0 Å². The number of ketones is 1. The number of hydrogen-bond acceptors (Lipinski definition) is 7. The Balaban J connectivity index is 1.54. The molecule has 0 fully saturated rings. The van der Waals surface area contributed by atoms with E-state index in [0.717, 1.165) is 0 Å². The molecule has 2 aliphatic heterocycles.